The lowest BCUT2D eigenvalue weighted by Gasteiger charge is -2.10. The standard InChI is InChI=1S/C34H28O7/c1-22-33(28-20-27(15-18-30(28)40-22)39-21-24-7-5-4-6-8-24)34(36)41-31-17-10-23(19-32(31)38-3)9-16-29(35)25-11-13-26(37-2)14-12-25/h4-20H,21H2,1-3H3. The fourth-order valence-electron chi connectivity index (χ4n) is 4.33. The molecule has 41 heavy (non-hydrogen) atoms. The van der Waals surface area contributed by atoms with Crippen molar-refractivity contribution in [2.75, 3.05) is 14.2 Å². The molecule has 0 bridgehead atoms. The molecule has 0 aliphatic heterocycles. The molecule has 0 atom stereocenters. The van der Waals surface area contributed by atoms with Crippen LogP contribution < -0.4 is 18.9 Å². The highest BCUT2D eigenvalue weighted by atomic mass is 16.6. The van der Waals surface area contributed by atoms with Crippen LogP contribution in [0.4, 0.5) is 0 Å². The minimum absolute atomic E-state index is 0.156. The van der Waals surface area contributed by atoms with Crippen molar-refractivity contribution in [2.45, 2.75) is 13.5 Å². The van der Waals surface area contributed by atoms with E-state index in [1.54, 1.807) is 80.8 Å². The molecule has 7 nitrogen and oxygen atoms in total. The monoisotopic (exact) mass is 548 g/mol. The molecule has 206 valence electrons. The second-order valence-corrected chi connectivity index (χ2v) is 9.19. The zero-order valence-electron chi connectivity index (χ0n) is 22.9. The molecule has 5 aromatic rings. The third-order valence-corrected chi connectivity index (χ3v) is 6.48. The molecular weight excluding hydrogens is 520 g/mol. The Labute approximate surface area is 237 Å². The highest BCUT2D eigenvalue weighted by Gasteiger charge is 2.22. The van der Waals surface area contributed by atoms with Crippen molar-refractivity contribution >= 4 is 28.8 Å². The summed E-state index contributed by atoms with van der Waals surface area (Å²) in [4.78, 5) is 25.9. The summed E-state index contributed by atoms with van der Waals surface area (Å²) in [7, 11) is 3.06. The van der Waals surface area contributed by atoms with Crippen LogP contribution in [0.15, 0.2) is 101 Å². The van der Waals surface area contributed by atoms with E-state index in [0.717, 1.165) is 5.56 Å². The molecule has 5 rings (SSSR count). The fourth-order valence-corrected chi connectivity index (χ4v) is 4.33. The third-order valence-electron chi connectivity index (χ3n) is 6.48. The first-order chi connectivity index (χ1) is 19.9. The van der Waals surface area contributed by atoms with E-state index in [0.29, 0.717) is 57.3 Å². The van der Waals surface area contributed by atoms with E-state index in [2.05, 4.69) is 0 Å². The van der Waals surface area contributed by atoms with Gasteiger partial charge in [-0.1, -0.05) is 42.5 Å². The highest BCUT2D eigenvalue weighted by molar-refractivity contribution is 6.07. The van der Waals surface area contributed by atoms with Crippen LogP contribution in [0.25, 0.3) is 17.0 Å². The molecule has 1 heterocycles. The Morgan fingerprint density at radius 3 is 2.29 bits per heavy atom. The van der Waals surface area contributed by atoms with Crippen LogP contribution in [-0.2, 0) is 6.61 Å². The van der Waals surface area contributed by atoms with Gasteiger partial charge in [0.2, 0.25) is 0 Å². The quantitative estimate of drug-likeness (QED) is 0.0775. The maximum Gasteiger partial charge on any atom is 0.347 e. The maximum absolute atomic E-state index is 13.3. The first kappa shape index (κ1) is 27.3. The molecule has 0 N–H and O–H groups in total. The van der Waals surface area contributed by atoms with Gasteiger partial charge in [-0.3, -0.25) is 4.79 Å². The summed E-state index contributed by atoms with van der Waals surface area (Å²) < 4.78 is 28.1. The summed E-state index contributed by atoms with van der Waals surface area (Å²) in [6.07, 6.45) is 3.14. The summed E-state index contributed by atoms with van der Waals surface area (Å²) >= 11 is 0. The third kappa shape index (κ3) is 6.31. The van der Waals surface area contributed by atoms with Crippen LogP contribution in [-0.4, -0.2) is 26.0 Å². The van der Waals surface area contributed by atoms with Gasteiger partial charge in [0.05, 0.1) is 14.2 Å². The molecule has 0 saturated carbocycles. The Morgan fingerprint density at radius 2 is 1.56 bits per heavy atom. The Balaban J connectivity index is 1.32. The molecule has 0 aliphatic carbocycles. The van der Waals surface area contributed by atoms with Crippen molar-refractivity contribution in [1.29, 1.82) is 0 Å². The van der Waals surface area contributed by atoms with Crippen molar-refractivity contribution in [3.63, 3.8) is 0 Å². The molecule has 0 fully saturated rings. The number of carbonyl (C=O) groups excluding carboxylic acids is 2. The Kier molecular flexibility index (Phi) is 8.15. The topological polar surface area (TPSA) is 84.2 Å². The Morgan fingerprint density at radius 1 is 0.805 bits per heavy atom. The first-order valence-electron chi connectivity index (χ1n) is 12.9. The summed E-state index contributed by atoms with van der Waals surface area (Å²) in [5.74, 6) is 1.55. The Bertz CT molecular complexity index is 1710. The lowest BCUT2D eigenvalue weighted by atomic mass is 10.1. The van der Waals surface area contributed by atoms with E-state index < -0.39 is 5.97 Å². The largest absolute Gasteiger partial charge is 0.497 e. The van der Waals surface area contributed by atoms with Gasteiger partial charge in [-0.15, -0.1) is 0 Å². The molecular formula is C34H28O7. The van der Waals surface area contributed by atoms with Gasteiger partial charge in [0.25, 0.3) is 0 Å². The van der Waals surface area contributed by atoms with Crippen LogP contribution in [0.3, 0.4) is 0 Å². The lowest BCUT2D eigenvalue weighted by molar-refractivity contribution is 0.0729. The van der Waals surface area contributed by atoms with E-state index in [1.807, 2.05) is 30.3 Å². The average molecular weight is 549 g/mol. The van der Waals surface area contributed by atoms with Crippen LogP contribution in [0.5, 0.6) is 23.0 Å². The van der Waals surface area contributed by atoms with Gasteiger partial charge in [0, 0.05) is 10.9 Å². The predicted octanol–water partition coefficient (Wildman–Crippen LogP) is 7.45. The molecule has 7 heteroatoms. The zero-order chi connectivity index (χ0) is 28.8. The normalized spacial score (nSPS) is 11.0. The van der Waals surface area contributed by atoms with Crippen molar-refractivity contribution < 1.29 is 33.0 Å². The van der Waals surface area contributed by atoms with Crippen LogP contribution in [0.2, 0.25) is 0 Å². The molecule has 0 spiro atoms. The van der Waals surface area contributed by atoms with Gasteiger partial charge in [-0.2, -0.15) is 0 Å². The van der Waals surface area contributed by atoms with Crippen molar-refractivity contribution in [2.24, 2.45) is 0 Å². The number of esters is 1. The number of fused-ring (bicyclic) bond motifs is 1. The number of methoxy groups -OCH3 is 2. The summed E-state index contributed by atoms with van der Waals surface area (Å²) in [6.45, 7) is 2.11. The number of rotatable bonds is 10. The molecule has 0 aliphatic rings. The molecule has 0 saturated heterocycles. The molecule has 0 amide bonds. The highest BCUT2D eigenvalue weighted by Crippen LogP contribution is 2.33. The number of benzene rings is 4. The number of allylic oxidation sites excluding steroid dienone is 1. The van der Waals surface area contributed by atoms with E-state index in [-0.39, 0.29) is 11.5 Å². The van der Waals surface area contributed by atoms with E-state index in [4.69, 9.17) is 23.4 Å². The number of carbonyl (C=O) groups is 2. The zero-order valence-corrected chi connectivity index (χ0v) is 22.9. The molecule has 4 aromatic carbocycles. The van der Waals surface area contributed by atoms with E-state index in [9.17, 15) is 9.59 Å². The number of ketones is 1. The number of furan rings is 1. The van der Waals surface area contributed by atoms with Gasteiger partial charge in [0.1, 0.15) is 35.0 Å². The van der Waals surface area contributed by atoms with Crippen LogP contribution in [0, 0.1) is 6.92 Å². The summed E-state index contributed by atoms with van der Waals surface area (Å²) in [5.41, 5.74) is 3.13. The van der Waals surface area contributed by atoms with Crippen molar-refractivity contribution in [3.8, 4) is 23.0 Å². The van der Waals surface area contributed by atoms with Crippen molar-refractivity contribution in [1.82, 2.24) is 0 Å². The van der Waals surface area contributed by atoms with Crippen LogP contribution in [0.1, 0.15) is 37.6 Å². The number of hydrogen-bond acceptors (Lipinski definition) is 7. The average Bonchev–Trinajstić information content (AvgIpc) is 3.34. The molecule has 1 aromatic heterocycles. The second-order valence-electron chi connectivity index (χ2n) is 9.19. The minimum Gasteiger partial charge on any atom is -0.497 e. The number of hydrogen-bond donors (Lipinski definition) is 0. The van der Waals surface area contributed by atoms with Gasteiger partial charge >= 0.3 is 5.97 Å². The molecule has 0 radical (unpaired) electrons. The minimum atomic E-state index is -0.585. The van der Waals surface area contributed by atoms with E-state index >= 15 is 0 Å². The lowest BCUT2D eigenvalue weighted by Crippen LogP contribution is -2.10. The smallest absolute Gasteiger partial charge is 0.347 e. The number of aryl methyl sites for hydroxylation is 1. The summed E-state index contributed by atoms with van der Waals surface area (Å²) in [6, 6.07) is 27.1. The van der Waals surface area contributed by atoms with Crippen molar-refractivity contribution in [3.05, 3.63) is 125 Å². The maximum atomic E-state index is 13.3. The van der Waals surface area contributed by atoms with Gasteiger partial charge < -0.3 is 23.4 Å². The van der Waals surface area contributed by atoms with Crippen LogP contribution >= 0.6 is 0 Å². The van der Waals surface area contributed by atoms with Gasteiger partial charge in [-0.25, -0.2) is 4.79 Å². The van der Waals surface area contributed by atoms with Gasteiger partial charge in [-0.05, 0) is 78.7 Å². The second kappa shape index (κ2) is 12.3. The SMILES string of the molecule is COc1ccc(C(=O)C=Cc2ccc(OC(=O)c3c(C)oc4ccc(OCc5ccccc5)cc34)c(OC)c2)cc1. The van der Waals surface area contributed by atoms with E-state index in [1.165, 1.54) is 13.2 Å². The predicted molar refractivity (Wildman–Crippen MR) is 156 cm³/mol. The first-order valence-corrected chi connectivity index (χ1v) is 12.9. The molecule has 0 unspecified atom stereocenters. The number of ether oxygens (including phenoxy) is 4. The fraction of sp³-hybridized carbons (Fsp3) is 0.118. The summed E-state index contributed by atoms with van der Waals surface area (Å²) in [5, 5.41) is 0.591. The van der Waals surface area contributed by atoms with Gasteiger partial charge in [0.15, 0.2) is 17.3 Å². The Hall–Kier alpha value is -5.30.